The van der Waals surface area contributed by atoms with Gasteiger partial charge >= 0.3 is 5.97 Å². The number of sulfone groups is 1. The molecule has 1 N–H and O–H groups in total. The van der Waals surface area contributed by atoms with Crippen molar-refractivity contribution in [3.05, 3.63) is 11.1 Å². The number of nitrogens with one attached hydrogen (secondary N) is 1. The molecule has 0 radical (unpaired) electrons. The standard InChI is InChI=1S/C15H22N2O5S2/c1-2-22-14(19)9-11-10-23-15(16-11)17-13(18)7-8-24(20,21)12-5-3-4-6-12/h10,12H,2-9H2,1H3,(H,16,17,18). The van der Waals surface area contributed by atoms with Crippen LogP contribution in [0.1, 0.15) is 44.7 Å². The predicted octanol–water partition coefficient (Wildman–Crippen LogP) is 1.93. The molecule has 24 heavy (non-hydrogen) atoms. The third-order valence-corrected chi connectivity index (χ3v) is 6.92. The lowest BCUT2D eigenvalue weighted by Crippen LogP contribution is -2.24. The summed E-state index contributed by atoms with van der Waals surface area (Å²) in [5.41, 5.74) is 0.521. The molecule has 1 heterocycles. The molecule has 1 saturated carbocycles. The molecular weight excluding hydrogens is 352 g/mol. The lowest BCUT2D eigenvalue weighted by Gasteiger charge is -2.10. The molecule has 0 unspecified atom stereocenters. The summed E-state index contributed by atoms with van der Waals surface area (Å²) in [6.45, 7) is 2.03. The van der Waals surface area contributed by atoms with Crippen molar-refractivity contribution in [1.82, 2.24) is 4.98 Å². The number of nitrogens with zero attached hydrogens (tertiary/aromatic N) is 1. The van der Waals surface area contributed by atoms with E-state index in [1.165, 1.54) is 11.3 Å². The Labute approximate surface area is 145 Å². The zero-order valence-electron chi connectivity index (χ0n) is 13.6. The van der Waals surface area contributed by atoms with Crippen molar-refractivity contribution in [3.8, 4) is 0 Å². The van der Waals surface area contributed by atoms with Gasteiger partial charge in [-0.3, -0.25) is 9.59 Å². The minimum atomic E-state index is -3.20. The summed E-state index contributed by atoms with van der Waals surface area (Å²) in [6, 6.07) is 0. The van der Waals surface area contributed by atoms with Gasteiger partial charge in [0.1, 0.15) is 0 Å². The molecular formula is C15H22N2O5S2. The number of amides is 1. The lowest BCUT2D eigenvalue weighted by atomic mass is 10.3. The maximum absolute atomic E-state index is 12.1. The Balaban J connectivity index is 1.80. The fraction of sp³-hybridized carbons (Fsp3) is 0.667. The van der Waals surface area contributed by atoms with Crippen LogP contribution < -0.4 is 5.32 Å². The minimum absolute atomic E-state index is 0.0519. The normalized spacial score (nSPS) is 15.4. The van der Waals surface area contributed by atoms with Gasteiger partial charge in [-0.05, 0) is 19.8 Å². The molecule has 1 fully saturated rings. The lowest BCUT2D eigenvalue weighted by molar-refractivity contribution is -0.142. The number of thiazole rings is 1. The van der Waals surface area contributed by atoms with E-state index in [-0.39, 0.29) is 35.7 Å². The predicted molar refractivity (Wildman–Crippen MR) is 91.7 cm³/mol. The Hall–Kier alpha value is -1.48. The molecule has 0 atom stereocenters. The van der Waals surface area contributed by atoms with Gasteiger partial charge in [0.15, 0.2) is 15.0 Å². The molecule has 9 heteroatoms. The van der Waals surface area contributed by atoms with Crippen molar-refractivity contribution >= 4 is 38.2 Å². The van der Waals surface area contributed by atoms with Crippen molar-refractivity contribution in [1.29, 1.82) is 0 Å². The highest BCUT2D eigenvalue weighted by Gasteiger charge is 2.28. The zero-order valence-corrected chi connectivity index (χ0v) is 15.2. The van der Waals surface area contributed by atoms with Crippen LogP contribution in [0.5, 0.6) is 0 Å². The van der Waals surface area contributed by atoms with Crippen LogP contribution >= 0.6 is 11.3 Å². The molecule has 0 aliphatic heterocycles. The Kier molecular flexibility index (Phi) is 6.73. The monoisotopic (exact) mass is 374 g/mol. The summed E-state index contributed by atoms with van der Waals surface area (Å²) < 4.78 is 29.1. The highest BCUT2D eigenvalue weighted by atomic mass is 32.2. The first kappa shape index (κ1) is 18.9. The number of hydrogen-bond acceptors (Lipinski definition) is 7. The van der Waals surface area contributed by atoms with Gasteiger partial charge in [0.25, 0.3) is 0 Å². The van der Waals surface area contributed by atoms with E-state index in [0.29, 0.717) is 30.3 Å². The fourth-order valence-electron chi connectivity index (χ4n) is 2.64. The second kappa shape index (κ2) is 8.57. The van der Waals surface area contributed by atoms with E-state index in [0.717, 1.165) is 12.8 Å². The first-order chi connectivity index (χ1) is 11.4. The summed E-state index contributed by atoms with van der Waals surface area (Å²) in [5.74, 6) is -0.887. The third-order valence-electron chi connectivity index (χ3n) is 3.85. The average Bonchev–Trinajstić information content (AvgIpc) is 3.18. The second-order valence-electron chi connectivity index (χ2n) is 5.70. The molecule has 1 amide bonds. The molecule has 0 spiro atoms. The molecule has 0 bridgehead atoms. The maximum Gasteiger partial charge on any atom is 0.311 e. The largest absolute Gasteiger partial charge is 0.466 e. The molecule has 1 aliphatic carbocycles. The Morgan fingerprint density at radius 1 is 1.38 bits per heavy atom. The van der Waals surface area contributed by atoms with Gasteiger partial charge < -0.3 is 10.1 Å². The highest BCUT2D eigenvalue weighted by Crippen LogP contribution is 2.25. The molecule has 134 valence electrons. The smallest absolute Gasteiger partial charge is 0.311 e. The SMILES string of the molecule is CCOC(=O)Cc1csc(NC(=O)CCS(=O)(=O)C2CCCC2)n1. The van der Waals surface area contributed by atoms with Crippen LogP contribution in [0.3, 0.4) is 0 Å². The van der Waals surface area contributed by atoms with Crippen molar-refractivity contribution in [3.63, 3.8) is 0 Å². The molecule has 1 aliphatic rings. The number of rotatable bonds is 8. The van der Waals surface area contributed by atoms with Gasteiger partial charge in [-0.1, -0.05) is 12.8 Å². The summed E-state index contributed by atoms with van der Waals surface area (Å²) in [6.07, 6.45) is 3.26. The van der Waals surface area contributed by atoms with E-state index >= 15 is 0 Å². The number of hydrogen-bond donors (Lipinski definition) is 1. The van der Waals surface area contributed by atoms with E-state index in [2.05, 4.69) is 10.3 Å². The van der Waals surface area contributed by atoms with Crippen molar-refractivity contribution in [2.75, 3.05) is 17.7 Å². The van der Waals surface area contributed by atoms with E-state index in [1.54, 1.807) is 12.3 Å². The molecule has 0 aromatic carbocycles. The Morgan fingerprint density at radius 2 is 2.08 bits per heavy atom. The average molecular weight is 374 g/mol. The fourth-order valence-corrected chi connectivity index (χ4v) is 5.22. The van der Waals surface area contributed by atoms with Gasteiger partial charge in [0.2, 0.25) is 5.91 Å². The summed E-state index contributed by atoms with van der Waals surface area (Å²) in [5, 5.41) is 4.32. The van der Waals surface area contributed by atoms with Gasteiger partial charge in [-0.2, -0.15) is 0 Å². The summed E-state index contributed by atoms with van der Waals surface area (Å²) in [7, 11) is -3.20. The number of anilines is 1. The van der Waals surface area contributed by atoms with Gasteiger partial charge in [0, 0.05) is 11.8 Å². The highest BCUT2D eigenvalue weighted by molar-refractivity contribution is 7.92. The second-order valence-corrected chi connectivity index (χ2v) is 8.96. The molecule has 7 nitrogen and oxygen atoms in total. The van der Waals surface area contributed by atoms with Crippen LogP contribution in [0.2, 0.25) is 0 Å². The first-order valence-electron chi connectivity index (χ1n) is 8.02. The number of aromatic nitrogens is 1. The van der Waals surface area contributed by atoms with Gasteiger partial charge in [0.05, 0.1) is 29.7 Å². The van der Waals surface area contributed by atoms with Crippen LogP contribution in [0.25, 0.3) is 0 Å². The van der Waals surface area contributed by atoms with Gasteiger partial charge in [-0.25, -0.2) is 13.4 Å². The summed E-state index contributed by atoms with van der Waals surface area (Å²) in [4.78, 5) is 27.4. The van der Waals surface area contributed by atoms with Crippen LogP contribution in [-0.4, -0.2) is 42.9 Å². The van der Waals surface area contributed by atoms with Crippen LogP contribution in [0.15, 0.2) is 5.38 Å². The van der Waals surface area contributed by atoms with Crippen molar-refractivity contribution in [2.45, 2.75) is 50.7 Å². The van der Waals surface area contributed by atoms with Crippen molar-refractivity contribution < 1.29 is 22.7 Å². The van der Waals surface area contributed by atoms with E-state index in [1.807, 2.05) is 0 Å². The van der Waals surface area contributed by atoms with E-state index < -0.39 is 9.84 Å². The van der Waals surface area contributed by atoms with Crippen molar-refractivity contribution in [2.24, 2.45) is 0 Å². The topological polar surface area (TPSA) is 102 Å². The van der Waals surface area contributed by atoms with E-state index in [4.69, 9.17) is 4.74 Å². The molecule has 2 rings (SSSR count). The minimum Gasteiger partial charge on any atom is -0.466 e. The quantitative estimate of drug-likeness (QED) is 0.698. The Morgan fingerprint density at radius 3 is 2.75 bits per heavy atom. The molecule has 1 aromatic rings. The van der Waals surface area contributed by atoms with Gasteiger partial charge in [-0.15, -0.1) is 11.3 Å². The van der Waals surface area contributed by atoms with Crippen LogP contribution in [-0.2, 0) is 30.6 Å². The third kappa shape index (κ3) is 5.55. The number of carbonyl (C=O) groups excluding carboxylic acids is 2. The van der Waals surface area contributed by atoms with Crippen LogP contribution in [0, 0.1) is 0 Å². The first-order valence-corrected chi connectivity index (χ1v) is 10.6. The summed E-state index contributed by atoms with van der Waals surface area (Å²) >= 11 is 1.20. The molecule has 1 aromatic heterocycles. The number of esters is 1. The Bertz CT molecular complexity index is 678. The van der Waals surface area contributed by atoms with E-state index in [9.17, 15) is 18.0 Å². The number of carbonyl (C=O) groups is 2. The molecule has 0 saturated heterocycles. The number of ether oxygens (including phenoxy) is 1. The zero-order chi connectivity index (χ0) is 17.6. The van der Waals surface area contributed by atoms with Crippen LogP contribution in [0.4, 0.5) is 5.13 Å². The maximum atomic E-state index is 12.1.